The second kappa shape index (κ2) is 4.07. The Morgan fingerprint density at radius 1 is 1.18 bits per heavy atom. The van der Waals surface area contributed by atoms with Crippen molar-refractivity contribution < 1.29 is 0 Å². The molecule has 0 fully saturated rings. The lowest BCUT2D eigenvalue weighted by Crippen LogP contribution is -1.97. The number of pyridine rings is 1. The molecule has 0 spiro atoms. The molecule has 3 N–H and O–H groups in total. The van der Waals surface area contributed by atoms with Gasteiger partial charge in [0.1, 0.15) is 0 Å². The van der Waals surface area contributed by atoms with Crippen molar-refractivity contribution in [2.24, 2.45) is 0 Å². The van der Waals surface area contributed by atoms with Crippen LogP contribution in [0.15, 0.2) is 47.3 Å². The van der Waals surface area contributed by atoms with E-state index in [0.717, 1.165) is 22.3 Å². The van der Waals surface area contributed by atoms with E-state index in [1.165, 1.54) is 0 Å². The first-order chi connectivity index (χ1) is 8.34. The van der Waals surface area contributed by atoms with Gasteiger partial charge in [-0.25, -0.2) is 0 Å². The van der Waals surface area contributed by atoms with Gasteiger partial charge >= 0.3 is 0 Å². The summed E-state index contributed by atoms with van der Waals surface area (Å²) in [7, 11) is 0. The fourth-order valence-corrected chi connectivity index (χ4v) is 2.36. The Morgan fingerprint density at radius 3 is 2.88 bits per heavy atom. The third-order valence-electron chi connectivity index (χ3n) is 2.60. The molecule has 0 aliphatic heterocycles. The number of nitrogen functional groups attached to an aromatic ring is 1. The minimum Gasteiger partial charge on any atom is -0.396 e. The van der Waals surface area contributed by atoms with Gasteiger partial charge in [-0.1, -0.05) is 18.2 Å². The van der Waals surface area contributed by atoms with Crippen molar-refractivity contribution in [1.82, 2.24) is 4.98 Å². The largest absolute Gasteiger partial charge is 0.396 e. The van der Waals surface area contributed by atoms with E-state index >= 15 is 0 Å². The lowest BCUT2D eigenvalue weighted by molar-refractivity contribution is 1.41. The van der Waals surface area contributed by atoms with Crippen molar-refractivity contribution in [3.63, 3.8) is 0 Å². The Labute approximate surface area is 103 Å². The van der Waals surface area contributed by atoms with Crippen LogP contribution in [0, 0.1) is 0 Å². The molecule has 17 heavy (non-hydrogen) atoms. The maximum Gasteiger partial charge on any atom is 0.0746 e. The van der Waals surface area contributed by atoms with E-state index in [0.29, 0.717) is 5.69 Å². The number of nitrogens with zero attached hydrogens (tertiary/aromatic N) is 1. The van der Waals surface area contributed by atoms with E-state index < -0.39 is 0 Å². The Kier molecular flexibility index (Phi) is 2.42. The summed E-state index contributed by atoms with van der Waals surface area (Å²) in [5.74, 6) is 0. The number of nitrogens with one attached hydrogen (secondary N) is 1. The highest BCUT2D eigenvalue weighted by Crippen LogP contribution is 2.30. The van der Waals surface area contributed by atoms with Crippen molar-refractivity contribution in [2.75, 3.05) is 11.1 Å². The summed E-state index contributed by atoms with van der Waals surface area (Å²) in [5.41, 5.74) is 9.57. The maximum absolute atomic E-state index is 5.98. The quantitative estimate of drug-likeness (QED) is 0.720. The lowest BCUT2D eigenvalue weighted by atomic mass is 10.1. The molecule has 3 rings (SSSR count). The van der Waals surface area contributed by atoms with Gasteiger partial charge in [-0.2, -0.15) is 11.3 Å². The third-order valence-corrected chi connectivity index (χ3v) is 3.28. The molecule has 0 saturated heterocycles. The first-order valence-electron chi connectivity index (χ1n) is 5.27. The number of hydrogen-bond acceptors (Lipinski definition) is 4. The van der Waals surface area contributed by atoms with Crippen LogP contribution in [0.3, 0.4) is 0 Å². The highest BCUT2D eigenvalue weighted by molar-refractivity contribution is 7.08. The van der Waals surface area contributed by atoms with Gasteiger partial charge in [-0.05, 0) is 17.5 Å². The Hall–Kier alpha value is -2.07. The fraction of sp³-hybridized carbons (Fsp3) is 0. The van der Waals surface area contributed by atoms with Gasteiger partial charge in [0.2, 0.25) is 0 Å². The number of para-hydroxylation sites is 1. The number of benzene rings is 1. The monoisotopic (exact) mass is 241 g/mol. The number of anilines is 3. The molecule has 2 aromatic heterocycles. The van der Waals surface area contributed by atoms with E-state index in [1.54, 1.807) is 17.5 Å². The second-order valence-electron chi connectivity index (χ2n) is 3.74. The van der Waals surface area contributed by atoms with Crippen molar-refractivity contribution in [1.29, 1.82) is 0 Å². The van der Waals surface area contributed by atoms with Gasteiger partial charge in [0.05, 0.1) is 23.1 Å². The molecule has 0 atom stereocenters. The van der Waals surface area contributed by atoms with Crippen LogP contribution in [-0.4, -0.2) is 4.98 Å². The van der Waals surface area contributed by atoms with Crippen LogP contribution in [0.4, 0.5) is 17.1 Å². The molecule has 4 heteroatoms. The number of hydrogen-bond donors (Lipinski definition) is 2. The maximum atomic E-state index is 5.98. The van der Waals surface area contributed by atoms with Gasteiger partial charge in [-0.15, -0.1) is 0 Å². The van der Waals surface area contributed by atoms with E-state index in [2.05, 4.69) is 15.7 Å². The molecule has 0 unspecified atom stereocenters. The zero-order valence-electron chi connectivity index (χ0n) is 9.05. The van der Waals surface area contributed by atoms with Crippen LogP contribution in [-0.2, 0) is 0 Å². The van der Waals surface area contributed by atoms with Crippen LogP contribution in [0.2, 0.25) is 0 Å². The molecular formula is C13H11N3S. The molecule has 2 heterocycles. The van der Waals surface area contributed by atoms with Crippen LogP contribution >= 0.6 is 11.3 Å². The first-order valence-corrected chi connectivity index (χ1v) is 6.21. The minimum absolute atomic E-state index is 0.662. The Balaban J connectivity index is 2.17. The summed E-state index contributed by atoms with van der Waals surface area (Å²) in [5, 5.41) is 8.46. The summed E-state index contributed by atoms with van der Waals surface area (Å²) >= 11 is 1.65. The van der Waals surface area contributed by atoms with Crippen LogP contribution in [0.1, 0.15) is 0 Å². The lowest BCUT2D eigenvalue weighted by Gasteiger charge is -2.10. The van der Waals surface area contributed by atoms with E-state index in [-0.39, 0.29) is 0 Å². The number of aromatic nitrogens is 1. The summed E-state index contributed by atoms with van der Waals surface area (Å²) < 4.78 is 0. The van der Waals surface area contributed by atoms with Crippen LogP contribution < -0.4 is 11.1 Å². The number of nitrogens with two attached hydrogens (primary N) is 1. The van der Waals surface area contributed by atoms with Gasteiger partial charge < -0.3 is 11.1 Å². The SMILES string of the molecule is Nc1cnc2ccccc2c1Nc1ccsc1. The molecule has 84 valence electrons. The predicted octanol–water partition coefficient (Wildman–Crippen LogP) is 3.62. The number of fused-ring (bicyclic) bond motifs is 1. The number of thiophene rings is 1. The van der Waals surface area contributed by atoms with E-state index in [4.69, 9.17) is 5.73 Å². The zero-order valence-corrected chi connectivity index (χ0v) is 9.87. The second-order valence-corrected chi connectivity index (χ2v) is 4.52. The molecular weight excluding hydrogens is 230 g/mol. The average molecular weight is 241 g/mol. The molecule has 3 aromatic rings. The van der Waals surface area contributed by atoms with Crippen LogP contribution in [0.25, 0.3) is 10.9 Å². The topological polar surface area (TPSA) is 50.9 Å². The summed E-state index contributed by atoms with van der Waals surface area (Å²) in [6, 6.07) is 9.99. The first kappa shape index (κ1) is 10.1. The molecule has 3 nitrogen and oxygen atoms in total. The van der Waals surface area contributed by atoms with Crippen molar-refractivity contribution in [2.45, 2.75) is 0 Å². The Morgan fingerprint density at radius 2 is 2.06 bits per heavy atom. The average Bonchev–Trinajstić information content (AvgIpc) is 2.86. The van der Waals surface area contributed by atoms with Crippen molar-refractivity contribution in [3.8, 4) is 0 Å². The standard InChI is InChI=1S/C13H11N3S/c14-11-7-15-12-4-2-1-3-10(12)13(11)16-9-5-6-17-8-9/h1-8H,14H2,(H,15,16). The van der Waals surface area contributed by atoms with Gasteiger partial charge in [0, 0.05) is 16.5 Å². The molecule has 0 aliphatic rings. The van der Waals surface area contributed by atoms with E-state index in [1.807, 2.05) is 35.7 Å². The highest BCUT2D eigenvalue weighted by Gasteiger charge is 2.06. The van der Waals surface area contributed by atoms with Crippen LogP contribution in [0.5, 0.6) is 0 Å². The molecule has 0 aliphatic carbocycles. The predicted molar refractivity (Wildman–Crippen MR) is 73.8 cm³/mol. The smallest absolute Gasteiger partial charge is 0.0746 e. The van der Waals surface area contributed by atoms with Gasteiger partial charge in [0.25, 0.3) is 0 Å². The summed E-state index contributed by atoms with van der Waals surface area (Å²) in [6.07, 6.45) is 1.69. The third kappa shape index (κ3) is 1.83. The molecule has 0 saturated carbocycles. The van der Waals surface area contributed by atoms with Crippen molar-refractivity contribution >= 4 is 39.3 Å². The van der Waals surface area contributed by atoms with E-state index in [9.17, 15) is 0 Å². The Bertz CT molecular complexity index is 647. The normalized spacial score (nSPS) is 10.6. The number of rotatable bonds is 2. The molecule has 0 bridgehead atoms. The van der Waals surface area contributed by atoms with Gasteiger partial charge in [-0.3, -0.25) is 4.98 Å². The molecule has 0 radical (unpaired) electrons. The van der Waals surface area contributed by atoms with Crippen molar-refractivity contribution in [3.05, 3.63) is 47.3 Å². The van der Waals surface area contributed by atoms with Gasteiger partial charge in [0.15, 0.2) is 0 Å². The minimum atomic E-state index is 0.662. The fourth-order valence-electron chi connectivity index (χ4n) is 1.78. The highest BCUT2D eigenvalue weighted by atomic mass is 32.1. The zero-order chi connectivity index (χ0) is 11.7. The molecule has 1 aromatic carbocycles. The summed E-state index contributed by atoms with van der Waals surface area (Å²) in [4.78, 5) is 4.31. The summed E-state index contributed by atoms with van der Waals surface area (Å²) in [6.45, 7) is 0. The molecule has 0 amide bonds.